The molecule has 2 aromatic rings. The predicted octanol–water partition coefficient (Wildman–Crippen LogP) is 3.65. The summed E-state index contributed by atoms with van der Waals surface area (Å²) < 4.78 is 1.82. The highest BCUT2D eigenvalue weighted by molar-refractivity contribution is 5.74. The van der Waals surface area contributed by atoms with Crippen molar-refractivity contribution in [3.63, 3.8) is 0 Å². The number of aromatic amines is 1. The molecular formula is C18H29N5O. The molecule has 1 fully saturated rings. The van der Waals surface area contributed by atoms with Crippen LogP contribution in [0.3, 0.4) is 0 Å². The molecule has 1 aliphatic carbocycles. The number of anilines is 1. The Bertz CT molecular complexity index is 732. The average Bonchev–Trinajstić information content (AvgIpc) is 2.90. The van der Waals surface area contributed by atoms with Crippen molar-refractivity contribution >= 4 is 17.0 Å². The fourth-order valence-electron chi connectivity index (χ4n) is 3.48. The summed E-state index contributed by atoms with van der Waals surface area (Å²) in [6.45, 7) is 7.05. The van der Waals surface area contributed by atoms with Crippen LogP contribution in [0.25, 0.3) is 11.0 Å². The molecule has 0 unspecified atom stereocenters. The van der Waals surface area contributed by atoms with E-state index < -0.39 is 0 Å². The van der Waals surface area contributed by atoms with Gasteiger partial charge >= 0.3 is 0 Å². The van der Waals surface area contributed by atoms with Crippen LogP contribution in [0.5, 0.6) is 0 Å². The normalized spacial score (nSPS) is 17.6. The Morgan fingerprint density at radius 2 is 1.88 bits per heavy atom. The number of nitrogens with zero attached hydrogens (tertiary/aromatic N) is 3. The van der Waals surface area contributed by atoms with Crippen molar-refractivity contribution in [1.82, 2.24) is 19.7 Å². The molecule has 0 spiro atoms. The molecule has 24 heavy (non-hydrogen) atoms. The second-order valence-corrected chi connectivity index (χ2v) is 7.97. The zero-order chi connectivity index (χ0) is 17.2. The minimum Gasteiger partial charge on any atom is -0.355 e. The van der Waals surface area contributed by atoms with E-state index in [0.29, 0.717) is 22.9 Å². The molecule has 6 heteroatoms. The summed E-state index contributed by atoms with van der Waals surface area (Å²) in [5.41, 5.74) is 0.307. The maximum absolute atomic E-state index is 12.3. The van der Waals surface area contributed by atoms with Crippen LogP contribution in [0, 0.1) is 5.92 Å². The first kappa shape index (κ1) is 17.0. The van der Waals surface area contributed by atoms with Crippen LogP contribution < -0.4 is 10.9 Å². The van der Waals surface area contributed by atoms with E-state index in [1.807, 2.05) is 4.68 Å². The molecule has 0 saturated heterocycles. The molecule has 3 rings (SSSR count). The van der Waals surface area contributed by atoms with Gasteiger partial charge in [-0.2, -0.15) is 10.1 Å². The Kier molecular flexibility index (Phi) is 4.92. The quantitative estimate of drug-likeness (QED) is 0.900. The summed E-state index contributed by atoms with van der Waals surface area (Å²) >= 11 is 0. The van der Waals surface area contributed by atoms with Gasteiger partial charge in [0.1, 0.15) is 5.39 Å². The summed E-state index contributed by atoms with van der Waals surface area (Å²) in [5.74, 6) is 1.22. The highest BCUT2D eigenvalue weighted by Gasteiger charge is 2.20. The molecule has 0 aliphatic heterocycles. The van der Waals surface area contributed by atoms with E-state index in [2.05, 4.69) is 41.2 Å². The van der Waals surface area contributed by atoms with Crippen LogP contribution in [-0.2, 0) is 5.54 Å². The molecule has 2 heterocycles. The molecule has 1 aliphatic rings. The first-order valence-electron chi connectivity index (χ1n) is 9.17. The van der Waals surface area contributed by atoms with Gasteiger partial charge in [0, 0.05) is 6.54 Å². The Morgan fingerprint density at radius 1 is 1.21 bits per heavy atom. The van der Waals surface area contributed by atoms with Crippen molar-refractivity contribution in [2.75, 3.05) is 11.9 Å². The fraction of sp³-hybridized carbons (Fsp3) is 0.722. The third-order valence-corrected chi connectivity index (χ3v) is 4.86. The third-order valence-electron chi connectivity index (χ3n) is 4.86. The van der Waals surface area contributed by atoms with Crippen LogP contribution in [0.15, 0.2) is 11.0 Å². The summed E-state index contributed by atoms with van der Waals surface area (Å²) in [7, 11) is 0. The van der Waals surface area contributed by atoms with E-state index in [0.717, 1.165) is 6.54 Å². The van der Waals surface area contributed by atoms with Gasteiger partial charge in [-0.15, -0.1) is 0 Å². The molecule has 2 aromatic heterocycles. The minimum absolute atomic E-state index is 0.129. The molecule has 0 amide bonds. The van der Waals surface area contributed by atoms with Crippen LogP contribution in [0.1, 0.15) is 65.7 Å². The van der Waals surface area contributed by atoms with Gasteiger partial charge in [-0.3, -0.25) is 9.78 Å². The molecule has 0 bridgehead atoms. The standard InChI is InChI=1S/C18H29N5O/c1-18(2,3)23-15-14(12-20-23)16(24)22-17(21-15)19-11-13-9-7-5-4-6-8-10-13/h12-13H,4-11H2,1-3H3,(H2,19,21,22,24). The smallest absolute Gasteiger partial charge is 0.263 e. The molecule has 0 radical (unpaired) electrons. The second-order valence-electron chi connectivity index (χ2n) is 7.97. The maximum Gasteiger partial charge on any atom is 0.263 e. The lowest BCUT2D eigenvalue weighted by molar-refractivity contribution is 0.366. The van der Waals surface area contributed by atoms with E-state index in [1.54, 1.807) is 6.20 Å². The third kappa shape index (κ3) is 3.79. The van der Waals surface area contributed by atoms with Crippen LogP contribution >= 0.6 is 0 Å². The number of fused-ring (bicyclic) bond motifs is 1. The van der Waals surface area contributed by atoms with E-state index in [-0.39, 0.29) is 11.1 Å². The van der Waals surface area contributed by atoms with Crippen molar-refractivity contribution < 1.29 is 0 Å². The largest absolute Gasteiger partial charge is 0.355 e. The van der Waals surface area contributed by atoms with Gasteiger partial charge < -0.3 is 5.32 Å². The number of H-pyrrole nitrogens is 1. The average molecular weight is 331 g/mol. The lowest BCUT2D eigenvalue weighted by atomic mass is 9.91. The van der Waals surface area contributed by atoms with Gasteiger partial charge in [0.15, 0.2) is 5.65 Å². The number of nitrogens with one attached hydrogen (secondary N) is 2. The SMILES string of the molecule is CC(C)(C)n1ncc2c(=O)[nH]c(NCC3CCCCCCC3)nc21. The van der Waals surface area contributed by atoms with Gasteiger partial charge in [0.05, 0.1) is 11.7 Å². The van der Waals surface area contributed by atoms with E-state index in [1.165, 1.54) is 44.9 Å². The lowest BCUT2D eigenvalue weighted by Gasteiger charge is -2.21. The number of aromatic nitrogens is 4. The van der Waals surface area contributed by atoms with Gasteiger partial charge in [0.2, 0.25) is 5.95 Å². The maximum atomic E-state index is 12.3. The second kappa shape index (κ2) is 6.95. The summed E-state index contributed by atoms with van der Waals surface area (Å²) in [6.07, 6.45) is 10.8. The van der Waals surface area contributed by atoms with Crippen LogP contribution in [0.4, 0.5) is 5.95 Å². The fourth-order valence-corrected chi connectivity index (χ4v) is 3.48. The van der Waals surface area contributed by atoms with Crippen molar-refractivity contribution in [2.24, 2.45) is 5.92 Å². The predicted molar refractivity (Wildman–Crippen MR) is 97.4 cm³/mol. The van der Waals surface area contributed by atoms with E-state index in [9.17, 15) is 4.79 Å². The molecule has 132 valence electrons. The van der Waals surface area contributed by atoms with Gasteiger partial charge in [0.25, 0.3) is 5.56 Å². The Morgan fingerprint density at radius 3 is 2.54 bits per heavy atom. The molecule has 1 saturated carbocycles. The summed E-state index contributed by atoms with van der Waals surface area (Å²) in [4.78, 5) is 19.8. The number of rotatable bonds is 3. The molecule has 0 aromatic carbocycles. The van der Waals surface area contributed by atoms with Crippen molar-refractivity contribution in [1.29, 1.82) is 0 Å². The monoisotopic (exact) mass is 331 g/mol. The lowest BCUT2D eigenvalue weighted by Crippen LogP contribution is -2.25. The summed E-state index contributed by atoms with van der Waals surface area (Å²) in [6, 6.07) is 0. The zero-order valence-electron chi connectivity index (χ0n) is 15.1. The first-order valence-corrected chi connectivity index (χ1v) is 9.17. The highest BCUT2D eigenvalue weighted by Crippen LogP contribution is 2.23. The van der Waals surface area contributed by atoms with Gasteiger partial charge in [-0.05, 0) is 39.5 Å². The summed E-state index contributed by atoms with van der Waals surface area (Å²) in [5, 5.41) is 8.25. The molecule has 2 N–H and O–H groups in total. The van der Waals surface area contributed by atoms with E-state index >= 15 is 0 Å². The Balaban J connectivity index is 1.78. The van der Waals surface area contributed by atoms with E-state index in [4.69, 9.17) is 0 Å². The van der Waals surface area contributed by atoms with Crippen LogP contribution in [-0.4, -0.2) is 26.3 Å². The van der Waals surface area contributed by atoms with Gasteiger partial charge in [-0.25, -0.2) is 4.68 Å². The zero-order valence-corrected chi connectivity index (χ0v) is 15.1. The highest BCUT2D eigenvalue weighted by atomic mass is 16.1. The van der Waals surface area contributed by atoms with Crippen LogP contribution in [0.2, 0.25) is 0 Å². The van der Waals surface area contributed by atoms with Crippen molar-refractivity contribution in [2.45, 2.75) is 71.3 Å². The topological polar surface area (TPSA) is 75.6 Å². The Labute approximate surface area is 143 Å². The number of hydrogen-bond donors (Lipinski definition) is 2. The molecule has 6 nitrogen and oxygen atoms in total. The van der Waals surface area contributed by atoms with Crippen molar-refractivity contribution in [3.8, 4) is 0 Å². The first-order chi connectivity index (χ1) is 11.4. The molecule has 0 atom stereocenters. The number of hydrogen-bond acceptors (Lipinski definition) is 4. The molecular weight excluding hydrogens is 302 g/mol. The van der Waals surface area contributed by atoms with Crippen molar-refractivity contribution in [3.05, 3.63) is 16.6 Å². The van der Waals surface area contributed by atoms with Gasteiger partial charge in [-0.1, -0.05) is 32.1 Å². The minimum atomic E-state index is -0.209. The Hall–Kier alpha value is -1.85.